The van der Waals surface area contributed by atoms with Gasteiger partial charge in [0.2, 0.25) is 11.8 Å². The van der Waals surface area contributed by atoms with Gasteiger partial charge in [0.15, 0.2) is 0 Å². The summed E-state index contributed by atoms with van der Waals surface area (Å²) < 4.78 is 5.86. The third-order valence-electron chi connectivity index (χ3n) is 5.07. The Morgan fingerprint density at radius 1 is 1.03 bits per heavy atom. The van der Waals surface area contributed by atoms with E-state index in [4.69, 9.17) is 4.42 Å². The number of benzene rings is 2. The van der Waals surface area contributed by atoms with Gasteiger partial charge in [-0.1, -0.05) is 42.5 Å². The lowest BCUT2D eigenvalue weighted by Gasteiger charge is -2.16. The number of nitrogens with one attached hydrogen (secondary N) is 1. The normalized spacial score (nSPS) is 13.7. The SMILES string of the molecule is O=C(CCc1ccc(-c2ccccc2)o1)Nc1cccc(CN2CCCC2=O)c1. The number of hydrogen-bond acceptors (Lipinski definition) is 3. The van der Waals surface area contributed by atoms with Crippen molar-refractivity contribution in [2.45, 2.75) is 32.2 Å². The van der Waals surface area contributed by atoms with Crippen LogP contribution in [0.25, 0.3) is 11.3 Å². The minimum Gasteiger partial charge on any atom is -0.461 e. The van der Waals surface area contributed by atoms with E-state index >= 15 is 0 Å². The molecule has 1 fully saturated rings. The van der Waals surface area contributed by atoms with Gasteiger partial charge in [-0.05, 0) is 36.2 Å². The summed E-state index contributed by atoms with van der Waals surface area (Å²) in [6.07, 6.45) is 2.44. The molecule has 0 spiro atoms. The molecule has 0 aliphatic carbocycles. The van der Waals surface area contributed by atoms with E-state index in [0.717, 1.165) is 41.3 Å². The highest BCUT2D eigenvalue weighted by molar-refractivity contribution is 5.90. The van der Waals surface area contributed by atoms with Crippen molar-refractivity contribution in [1.29, 1.82) is 0 Å². The molecule has 0 bridgehead atoms. The van der Waals surface area contributed by atoms with E-state index in [1.165, 1.54) is 0 Å². The smallest absolute Gasteiger partial charge is 0.224 e. The summed E-state index contributed by atoms with van der Waals surface area (Å²) in [7, 11) is 0. The van der Waals surface area contributed by atoms with Crippen LogP contribution in [0.1, 0.15) is 30.6 Å². The van der Waals surface area contributed by atoms with Crippen LogP contribution in [-0.2, 0) is 22.6 Å². The van der Waals surface area contributed by atoms with E-state index in [2.05, 4.69) is 5.32 Å². The van der Waals surface area contributed by atoms with Crippen LogP contribution in [0.2, 0.25) is 0 Å². The Morgan fingerprint density at radius 3 is 2.69 bits per heavy atom. The lowest BCUT2D eigenvalue weighted by atomic mass is 10.1. The molecule has 1 saturated heterocycles. The zero-order valence-electron chi connectivity index (χ0n) is 16.3. The van der Waals surface area contributed by atoms with E-state index in [9.17, 15) is 9.59 Å². The zero-order valence-corrected chi connectivity index (χ0v) is 16.3. The highest BCUT2D eigenvalue weighted by atomic mass is 16.3. The molecule has 2 aromatic carbocycles. The fourth-order valence-corrected chi connectivity index (χ4v) is 3.57. The molecule has 2 heterocycles. The Bertz CT molecular complexity index is 994. The van der Waals surface area contributed by atoms with E-state index < -0.39 is 0 Å². The lowest BCUT2D eigenvalue weighted by molar-refractivity contribution is -0.128. The van der Waals surface area contributed by atoms with Gasteiger partial charge in [-0.2, -0.15) is 0 Å². The first kappa shape index (κ1) is 19.0. The second-order valence-electron chi connectivity index (χ2n) is 7.30. The van der Waals surface area contributed by atoms with Crippen molar-refractivity contribution in [2.75, 3.05) is 11.9 Å². The second kappa shape index (κ2) is 8.78. The molecule has 1 aromatic heterocycles. The number of rotatable bonds is 7. The number of anilines is 1. The number of hydrogen-bond donors (Lipinski definition) is 1. The maximum Gasteiger partial charge on any atom is 0.224 e. The number of aryl methyl sites for hydroxylation is 1. The molecule has 1 aliphatic heterocycles. The van der Waals surface area contributed by atoms with Crippen molar-refractivity contribution in [2.24, 2.45) is 0 Å². The first-order valence-electron chi connectivity index (χ1n) is 9.98. The molecular formula is C24H24N2O3. The molecule has 0 radical (unpaired) electrons. The number of carbonyl (C=O) groups excluding carboxylic acids is 2. The van der Waals surface area contributed by atoms with E-state index in [1.807, 2.05) is 71.6 Å². The predicted octanol–water partition coefficient (Wildman–Crippen LogP) is 4.64. The fourth-order valence-electron chi connectivity index (χ4n) is 3.57. The van der Waals surface area contributed by atoms with Gasteiger partial charge in [0.05, 0.1) is 0 Å². The van der Waals surface area contributed by atoms with Crippen molar-refractivity contribution in [3.05, 3.63) is 78.1 Å². The Labute approximate surface area is 170 Å². The summed E-state index contributed by atoms with van der Waals surface area (Å²) in [5.41, 5.74) is 2.80. The summed E-state index contributed by atoms with van der Waals surface area (Å²) in [5, 5.41) is 2.94. The average Bonchev–Trinajstić information content (AvgIpc) is 3.37. The van der Waals surface area contributed by atoms with Gasteiger partial charge in [-0.25, -0.2) is 0 Å². The number of likely N-dealkylation sites (tertiary alicyclic amines) is 1. The summed E-state index contributed by atoms with van der Waals surface area (Å²) in [6, 6.07) is 21.5. The molecule has 3 aromatic rings. The second-order valence-corrected chi connectivity index (χ2v) is 7.30. The third-order valence-corrected chi connectivity index (χ3v) is 5.07. The first-order valence-corrected chi connectivity index (χ1v) is 9.98. The maximum atomic E-state index is 12.4. The van der Waals surface area contributed by atoms with Crippen molar-refractivity contribution in [3.63, 3.8) is 0 Å². The molecule has 148 valence electrons. The van der Waals surface area contributed by atoms with Gasteiger partial charge < -0.3 is 14.6 Å². The van der Waals surface area contributed by atoms with E-state index in [1.54, 1.807) is 0 Å². The third kappa shape index (κ3) is 4.93. The fraction of sp³-hybridized carbons (Fsp3) is 0.250. The van der Waals surface area contributed by atoms with Crippen molar-refractivity contribution >= 4 is 17.5 Å². The van der Waals surface area contributed by atoms with Crippen molar-refractivity contribution in [1.82, 2.24) is 4.90 Å². The quantitative estimate of drug-likeness (QED) is 0.641. The van der Waals surface area contributed by atoms with Crippen LogP contribution in [0.15, 0.2) is 71.1 Å². The maximum absolute atomic E-state index is 12.4. The van der Waals surface area contributed by atoms with Crippen LogP contribution in [0, 0.1) is 0 Å². The molecular weight excluding hydrogens is 364 g/mol. The monoisotopic (exact) mass is 388 g/mol. The largest absolute Gasteiger partial charge is 0.461 e. The zero-order chi connectivity index (χ0) is 20.1. The Balaban J connectivity index is 1.30. The summed E-state index contributed by atoms with van der Waals surface area (Å²) in [6.45, 7) is 1.40. The molecule has 0 atom stereocenters. The van der Waals surface area contributed by atoms with E-state index in [-0.39, 0.29) is 11.8 Å². The van der Waals surface area contributed by atoms with Gasteiger partial charge in [-0.15, -0.1) is 0 Å². The Morgan fingerprint density at radius 2 is 1.90 bits per heavy atom. The molecule has 1 aliphatic rings. The van der Waals surface area contributed by atoms with Gasteiger partial charge in [-0.3, -0.25) is 9.59 Å². The summed E-state index contributed by atoms with van der Waals surface area (Å²) in [5.74, 6) is 1.75. The highest BCUT2D eigenvalue weighted by Gasteiger charge is 2.20. The molecule has 5 heteroatoms. The molecule has 1 N–H and O–H groups in total. The Hall–Kier alpha value is -3.34. The molecule has 0 unspecified atom stereocenters. The highest BCUT2D eigenvalue weighted by Crippen LogP contribution is 2.22. The van der Waals surface area contributed by atoms with Crippen LogP contribution in [-0.4, -0.2) is 23.3 Å². The number of amides is 2. The van der Waals surface area contributed by atoms with Gasteiger partial charge in [0.1, 0.15) is 11.5 Å². The number of nitrogens with zero attached hydrogens (tertiary/aromatic N) is 1. The average molecular weight is 388 g/mol. The van der Waals surface area contributed by atoms with Crippen LogP contribution in [0.3, 0.4) is 0 Å². The number of carbonyl (C=O) groups is 2. The number of furan rings is 1. The van der Waals surface area contributed by atoms with Crippen molar-refractivity contribution < 1.29 is 14.0 Å². The van der Waals surface area contributed by atoms with Gasteiger partial charge in [0, 0.05) is 43.6 Å². The van der Waals surface area contributed by atoms with Crippen molar-refractivity contribution in [3.8, 4) is 11.3 Å². The minimum atomic E-state index is -0.0583. The molecule has 5 nitrogen and oxygen atoms in total. The minimum absolute atomic E-state index is 0.0583. The summed E-state index contributed by atoms with van der Waals surface area (Å²) >= 11 is 0. The summed E-state index contributed by atoms with van der Waals surface area (Å²) in [4.78, 5) is 26.0. The van der Waals surface area contributed by atoms with Crippen LogP contribution in [0.5, 0.6) is 0 Å². The van der Waals surface area contributed by atoms with Gasteiger partial charge >= 0.3 is 0 Å². The Kier molecular flexibility index (Phi) is 5.75. The first-order chi connectivity index (χ1) is 14.2. The molecule has 2 amide bonds. The predicted molar refractivity (Wildman–Crippen MR) is 112 cm³/mol. The van der Waals surface area contributed by atoms with Crippen LogP contribution >= 0.6 is 0 Å². The van der Waals surface area contributed by atoms with Gasteiger partial charge in [0.25, 0.3) is 0 Å². The van der Waals surface area contributed by atoms with Crippen LogP contribution in [0.4, 0.5) is 5.69 Å². The molecule has 4 rings (SSSR count). The topological polar surface area (TPSA) is 62.6 Å². The van der Waals surface area contributed by atoms with Crippen LogP contribution < -0.4 is 5.32 Å². The molecule has 0 saturated carbocycles. The van der Waals surface area contributed by atoms with E-state index in [0.29, 0.717) is 25.8 Å². The lowest BCUT2D eigenvalue weighted by Crippen LogP contribution is -2.23. The standard InChI is InChI=1S/C24H24N2O3/c27-23(14-12-21-11-13-22(29-21)19-7-2-1-3-8-19)25-20-9-4-6-18(16-20)17-26-15-5-10-24(26)28/h1-4,6-9,11,13,16H,5,10,12,14-15,17H2,(H,25,27). The molecule has 29 heavy (non-hydrogen) atoms.